The summed E-state index contributed by atoms with van der Waals surface area (Å²) in [6, 6.07) is 23.2. The molecule has 3 rings (SSSR count). The summed E-state index contributed by atoms with van der Waals surface area (Å²) in [4.78, 5) is 4.34. The van der Waals surface area contributed by atoms with Crippen molar-refractivity contribution in [1.82, 2.24) is 20.4 Å². The van der Waals surface area contributed by atoms with Gasteiger partial charge >= 0.3 is 0 Å². The lowest BCUT2D eigenvalue weighted by Gasteiger charge is -2.20. The van der Waals surface area contributed by atoms with Crippen LogP contribution in [0.3, 0.4) is 0 Å². The maximum absolute atomic E-state index is 4.34. The molecule has 1 unspecified atom stereocenters. The van der Waals surface area contributed by atoms with E-state index in [1.165, 1.54) is 11.1 Å². The first-order valence-corrected chi connectivity index (χ1v) is 9.36. The third-order valence-electron chi connectivity index (χ3n) is 4.53. The quantitative estimate of drug-likeness (QED) is 0.479. The predicted octanol–water partition coefficient (Wildman–Crippen LogP) is 3.07. The topological polar surface area (TPSA) is 54.2 Å². The smallest absolute Gasteiger partial charge is 0.191 e. The average molecular weight is 361 g/mol. The summed E-state index contributed by atoms with van der Waals surface area (Å²) >= 11 is 0. The van der Waals surface area contributed by atoms with Crippen molar-refractivity contribution < 1.29 is 0 Å². The van der Waals surface area contributed by atoms with Gasteiger partial charge in [0.2, 0.25) is 0 Å². The normalized spacial score (nSPS) is 12.6. The molecule has 0 spiro atoms. The molecule has 0 amide bonds. The van der Waals surface area contributed by atoms with Gasteiger partial charge in [0.1, 0.15) is 0 Å². The van der Waals surface area contributed by atoms with E-state index < -0.39 is 0 Å². The van der Waals surface area contributed by atoms with Crippen LogP contribution in [-0.2, 0) is 13.0 Å². The fraction of sp³-hybridized carbons (Fsp3) is 0.273. The maximum atomic E-state index is 4.34. The molecule has 1 heterocycles. The van der Waals surface area contributed by atoms with Crippen LogP contribution in [0.1, 0.15) is 17.0 Å². The molecule has 0 bridgehead atoms. The molecule has 5 heteroatoms. The molecule has 0 aliphatic carbocycles. The Labute approximate surface area is 161 Å². The Morgan fingerprint density at radius 2 is 1.74 bits per heavy atom. The van der Waals surface area contributed by atoms with Crippen LogP contribution in [0, 0.1) is 0 Å². The van der Waals surface area contributed by atoms with Gasteiger partial charge in [-0.2, -0.15) is 5.10 Å². The van der Waals surface area contributed by atoms with Crippen molar-refractivity contribution in [3.8, 4) is 0 Å². The number of rotatable bonds is 8. The largest absolute Gasteiger partial charge is 0.356 e. The van der Waals surface area contributed by atoms with Crippen LogP contribution >= 0.6 is 0 Å². The summed E-state index contributed by atoms with van der Waals surface area (Å²) in [5.41, 5.74) is 2.68. The van der Waals surface area contributed by atoms with Crippen molar-refractivity contribution in [3.05, 3.63) is 90.3 Å². The first kappa shape index (κ1) is 18.7. The highest BCUT2D eigenvalue weighted by molar-refractivity contribution is 5.79. The Kier molecular flexibility index (Phi) is 7.04. The molecular weight excluding hydrogens is 334 g/mol. The Hall–Kier alpha value is -3.08. The van der Waals surface area contributed by atoms with Crippen LogP contribution in [0.2, 0.25) is 0 Å². The molecule has 5 nitrogen and oxygen atoms in total. The van der Waals surface area contributed by atoms with E-state index in [0.717, 1.165) is 32.0 Å². The highest BCUT2D eigenvalue weighted by Crippen LogP contribution is 2.20. The zero-order valence-corrected chi connectivity index (χ0v) is 15.8. The van der Waals surface area contributed by atoms with Crippen molar-refractivity contribution >= 4 is 5.96 Å². The predicted molar refractivity (Wildman–Crippen MR) is 111 cm³/mol. The Bertz CT molecular complexity index is 797. The van der Waals surface area contributed by atoms with Gasteiger partial charge in [0.15, 0.2) is 5.96 Å². The molecule has 0 fully saturated rings. The van der Waals surface area contributed by atoms with Gasteiger partial charge < -0.3 is 10.6 Å². The van der Waals surface area contributed by atoms with E-state index in [1.54, 1.807) is 13.2 Å². The first-order chi connectivity index (χ1) is 13.3. The second-order valence-electron chi connectivity index (χ2n) is 6.45. The van der Waals surface area contributed by atoms with E-state index in [9.17, 15) is 0 Å². The maximum Gasteiger partial charge on any atom is 0.191 e. The van der Waals surface area contributed by atoms with Crippen LogP contribution in [-0.4, -0.2) is 35.9 Å². The summed E-state index contributed by atoms with van der Waals surface area (Å²) in [5.74, 6) is 1.19. The molecule has 1 aromatic heterocycles. The number of nitrogens with zero attached hydrogens (tertiary/aromatic N) is 3. The molecule has 1 atom stereocenters. The molecule has 0 aliphatic rings. The van der Waals surface area contributed by atoms with Crippen LogP contribution in [0.4, 0.5) is 0 Å². The summed E-state index contributed by atoms with van der Waals surface area (Å²) in [7, 11) is 1.80. The number of nitrogens with one attached hydrogen (secondary N) is 2. The molecule has 3 aromatic rings. The minimum absolute atomic E-state index is 0.373. The van der Waals surface area contributed by atoms with Crippen LogP contribution in [0.15, 0.2) is 84.1 Å². The lowest BCUT2D eigenvalue weighted by atomic mass is 9.92. The Morgan fingerprint density at radius 3 is 2.41 bits per heavy atom. The third kappa shape index (κ3) is 5.99. The number of aromatic nitrogens is 2. The monoisotopic (exact) mass is 361 g/mol. The average Bonchev–Trinajstić information content (AvgIpc) is 3.24. The minimum atomic E-state index is 0.373. The summed E-state index contributed by atoms with van der Waals surface area (Å²) in [6.07, 6.45) is 4.74. The number of aliphatic imine (C=N–C) groups is 1. The lowest BCUT2D eigenvalue weighted by molar-refractivity contribution is 0.591. The zero-order chi connectivity index (χ0) is 18.7. The summed E-state index contributed by atoms with van der Waals surface area (Å²) in [5, 5.41) is 11.1. The molecule has 27 heavy (non-hydrogen) atoms. The van der Waals surface area contributed by atoms with Gasteiger partial charge in [-0.05, 0) is 23.6 Å². The van der Waals surface area contributed by atoms with E-state index in [1.807, 2.05) is 16.9 Å². The number of benzene rings is 2. The van der Waals surface area contributed by atoms with Crippen molar-refractivity contribution in [2.75, 3.05) is 20.1 Å². The van der Waals surface area contributed by atoms with Gasteiger partial charge in [0, 0.05) is 38.4 Å². The van der Waals surface area contributed by atoms with E-state index >= 15 is 0 Å². The lowest BCUT2D eigenvalue weighted by Crippen LogP contribution is -2.41. The van der Waals surface area contributed by atoms with Crippen molar-refractivity contribution in [3.63, 3.8) is 0 Å². The van der Waals surface area contributed by atoms with Crippen molar-refractivity contribution in [2.45, 2.75) is 18.9 Å². The van der Waals surface area contributed by atoms with E-state index in [2.05, 4.69) is 81.4 Å². The highest BCUT2D eigenvalue weighted by Gasteiger charge is 2.13. The molecule has 0 saturated heterocycles. The van der Waals surface area contributed by atoms with E-state index in [0.29, 0.717) is 5.92 Å². The second kappa shape index (κ2) is 10.2. The van der Waals surface area contributed by atoms with Gasteiger partial charge in [-0.1, -0.05) is 60.7 Å². The molecule has 2 N–H and O–H groups in total. The van der Waals surface area contributed by atoms with Gasteiger partial charge in [0.05, 0.1) is 6.54 Å². The first-order valence-electron chi connectivity index (χ1n) is 9.36. The Balaban J connectivity index is 1.57. The number of hydrogen-bond donors (Lipinski definition) is 2. The third-order valence-corrected chi connectivity index (χ3v) is 4.53. The number of guanidine groups is 1. The van der Waals surface area contributed by atoms with Crippen molar-refractivity contribution in [1.29, 1.82) is 0 Å². The summed E-state index contributed by atoms with van der Waals surface area (Å²) < 4.78 is 1.91. The van der Waals surface area contributed by atoms with Gasteiger partial charge in [-0.3, -0.25) is 9.67 Å². The van der Waals surface area contributed by atoms with Gasteiger partial charge in [0.25, 0.3) is 0 Å². The standard InChI is InChI=1S/C22H27N5/c1-23-22(24-14-16-27-15-8-13-26-27)25-18-21(20-11-6-3-7-12-20)17-19-9-4-2-5-10-19/h2-13,15,21H,14,16-18H2,1H3,(H2,23,24,25). The van der Waals surface area contributed by atoms with Gasteiger partial charge in [-0.15, -0.1) is 0 Å². The van der Waals surface area contributed by atoms with E-state index in [-0.39, 0.29) is 0 Å². The molecule has 140 valence electrons. The van der Waals surface area contributed by atoms with E-state index in [4.69, 9.17) is 0 Å². The van der Waals surface area contributed by atoms with Crippen LogP contribution in [0.25, 0.3) is 0 Å². The molecule has 0 radical (unpaired) electrons. The fourth-order valence-electron chi connectivity index (χ4n) is 3.09. The highest BCUT2D eigenvalue weighted by atomic mass is 15.3. The SMILES string of the molecule is CN=C(NCCn1cccn1)NCC(Cc1ccccc1)c1ccccc1. The second-order valence-corrected chi connectivity index (χ2v) is 6.45. The molecule has 2 aromatic carbocycles. The fourth-order valence-corrected chi connectivity index (χ4v) is 3.09. The van der Waals surface area contributed by atoms with Crippen molar-refractivity contribution in [2.24, 2.45) is 4.99 Å². The van der Waals surface area contributed by atoms with Gasteiger partial charge in [-0.25, -0.2) is 0 Å². The van der Waals surface area contributed by atoms with Crippen LogP contribution < -0.4 is 10.6 Å². The Morgan fingerprint density at radius 1 is 1.00 bits per heavy atom. The molecule has 0 saturated carbocycles. The minimum Gasteiger partial charge on any atom is -0.356 e. The molecular formula is C22H27N5. The summed E-state index contributed by atoms with van der Waals surface area (Å²) in [6.45, 7) is 2.40. The number of hydrogen-bond acceptors (Lipinski definition) is 2. The zero-order valence-electron chi connectivity index (χ0n) is 15.8. The van der Waals surface area contributed by atoms with Crippen LogP contribution in [0.5, 0.6) is 0 Å². The molecule has 0 aliphatic heterocycles.